The standard InChI is InChI=1S/C10H10ClF2NO3/c1-17-7-2-5(3-8(15)16)14-6(4-11)9(7)10(12)13/h2,10H,3-4H2,1H3,(H,15,16). The molecule has 0 saturated heterocycles. The number of aromatic nitrogens is 1. The number of nitrogens with zero attached hydrogens (tertiary/aromatic N) is 1. The van der Waals surface area contributed by atoms with Crippen LogP contribution in [0.15, 0.2) is 6.07 Å². The van der Waals surface area contributed by atoms with Crippen molar-refractivity contribution in [3.05, 3.63) is 23.0 Å². The van der Waals surface area contributed by atoms with Gasteiger partial charge in [0.2, 0.25) is 0 Å². The highest BCUT2D eigenvalue weighted by atomic mass is 35.5. The predicted octanol–water partition coefficient (Wildman–Crippen LogP) is 2.39. The number of alkyl halides is 3. The molecule has 1 heterocycles. The fourth-order valence-corrected chi connectivity index (χ4v) is 1.59. The van der Waals surface area contributed by atoms with Gasteiger partial charge < -0.3 is 9.84 Å². The summed E-state index contributed by atoms with van der Waals surface area (Å²) in [5.41, 5.74) is -0.316. The first-order valence-electron chi connectivity index (χ1n) is 4.62. The summed E-state index contributed by atoms with van der Waals surface area (Å²) in [4.78, 5) is 14.3. The van der Waals surface area contributed by atoms with Crippen LogP contribution < -0.4 is 4.74 Å². The van der Waals surface area contributed by atoms with Gasteiger partial charge in [0, 0.05) is 6.07 Å². The van der Waals surface area contributed by atoms with E-state index in [0.29, 0.717) is 0 Å². The number of hydrogen-bond acceptors (Lipinski definition) is 3. The highest BCUT2D eigenvalue weighted by molar-refractivity contribution is 6.17. The molecule has 0 aliphatic heterocycles. The Morgan fingerprint density at radius 1 is 1.65 bits per heavy atom. The summed E-state index contributed by atoms with van der Waals surface area (Å²) in [5, 5.41) is 8.61. The zero-order valence-corrected chi connectivity index (χ0v) is 9.67. The minimum Gasteiger partial charge on any atom is -0.496 e. The number of carboxylic acid groups (broad SMARTS) is 1. The summed E-state index contributed by atoms with van der Waals surface area (Å²) in [6, 6.07) is 1.19. The van der Waals surface area contributed by atoms with Crippen LogP contribution >= 0.6 is 11.6 Å². The summed E-state index contributed by atoms with van der Waals surface area (Å²) in [7, 11) is 1.23. The first-order valence-corrected chi connectivity index (χ1v) is 5.15. The van der Waals surface area contributed by atoms with E-state index < -0.39 is 18.0 Å². The Hall–Kier alpha value is -1.43. The topological polar surface area (TPSA) is 59.4 Å². The summed E-state index contributed by atoms with van der Waals surface area (Å²) in [6.07, 6.45) is -3.14. The van der Waals surface area contributed by atoms with Crippen molar-refractivity contribution in [3.8, 4) is 5.75 Å². The fraction of sp³-hybridized carbons (Fsp3) is 0.400. The van der Waals surface area contributed by atoms with Gasteiger partial charge in [0.1, 0.15) is 5.75 Å². The Morgan fingerprint density at radius 3 is 2.71 bits per heavy atom. The number of hydrogen-bond donors (Lipinski definition) is 1. The van der Waals surface area contributed by atoms with Crippen molar-refractivity contribution in [2.24, 2.45) is 0 Å². The molecule has 0 atom stereocenters. The Bertz CT molecular complexity index is 401. The maximum Gasteiger partial charge on any atom is 0.309 e. The lowest BCUT2D eigenvalue weighted by Gasteiger charge is -2.12. The lowest BCUT2D eigenvalue weighted by molar-refractivity contribution is -0.136. The van der Waals surface area contributed by atoms with Gasteiger partial charge in [0.15, 0.2) is 0 Å². The number of carbonyl (C=O) groups is 1. The van der Waals surface area contributed by atoms with E-state index in [-0.39, 0.29) is 29.4 Å². The van der Waals surface area contributed by atoms with Crippen LogP contribution in [-0.4, -0.2) is 23.2 Å². The van der Waals surface area contributed by atoms with Crippen LogP contribution in [0.3, 0.4) is 0 Å². The van der Waals surface area contributed by atoms with Gasteiger partial charge in [0.05, 0.1) is 36.4 Å². The molecule has 0 unspecified atom stereocenters. The molecule has 0 aliphatic carbocycles. The Balaban J connectivity index is 3.28. The maximum absolute atomic E-state index is 12.8. The number of carboxylic acids is 1. The molecule has 0 radical (unpaired) electrons. The summed E-state index contributed by atoms with van der Waals surface area (Å²) in [5.74, 6) is -1.43. The average Bonchev–Trinajstić information content (AvgIpc) is 2.26. The summed E-state index contributed by atoms with van der Waals surface area (Å²) >= 11 is 5.51. The van der Waals surface area contributed by atoms with Gasteiger partial charge in [-0.3, -0.25) is 9.78 Å². The fourth-order valence-electron chi connectivity index (χ4n) is 1.39. The smallest absolute Gasteiger partial charge is 0.309 e. The Labute approximate surface area is 101 Å². The number of aliphatic carboxylic acids is 1. The summed E-state index contributed by atoms with van der Waals surface area (Å²) in [6.45, 7) is 0. The molecular formula is C10H10ClF2NO3. The molecule has 0 saturated carbocycles. The van der Waals surface area contributed by atoms with Gasteiger partial charge in [-0.1, -0.05) is 0 Å². The molecule has 0 fully saturated rings. The van der Waals surface area contributed by atoms with Crippen molar-refractivity contribution in [1.82, 2.24) is 4.98 Å². The maximum atomic E-state index is 12.8. The molecule has 1 rings (SSSR count). The normalized spacial score (nSPS) is 10.6. The molecule has 4 nitrogen and oxygen atoms in total. The van der Waals surface area contributed by atoms with Gasteiger partial charge in [-0.25, -0.2) is 8.78 Å². The molecule has 0 spiro atoms. The number of pyridine rings is 1. The molecule has 7 heteroatoms. The van der Waals surface area contributed by atoms with Gasteiger partial charge in [0.25, 0.3) is 6.43 Å². The molecule has 0 aliphatic rings. The van der Waals surface area contributed by atoms with Crippen LogP contribution in [0.4, 0.5) is 8.78 Å². The third kappa shape index (κ3) is 3.26. The van der Waals surface area contributed by atoms with Crippen molar-refractivity contribution in [1.29, 1.82) is 0 Å². The van der Waals surface area contributed by atoms with E-state index in [4.69, 9.17) is 21.4 Å². The molecule has 94 valence electrons. The molecule has 1 aromatic rings. The number of methoxy groups -OCH3 is 1. The number of ether oxygens (including phenoxy) is 1. The average molecular weight is 266 g/mol. The Morgan fingerprint density at radius 2 is 2.29 bits per heavy atom. The predicted molar refractivity (Wildman–Crippen MR) is 56.6 cm³/mol. The number of rotatable bonds is 5. The summed E-state index contributed by atoms with van der Waals surface area (Å²) < 4.78 is 30.3. The monoisotopic (exact) mass is 265 g/mol. The van der Waals surface area contributed by atoms with Crippen LogP contribution in [0.2, 0.25) is 0 Å². The van der Waals surface area contributed by atoms with E-state index in [9.17, 15) is 13.6 Å². The lowest BCUT2D eigenvalue weighted by atomic mass is 10.1. The molecule has 1 aromatic heterocycles. The van der Waals surface area contributed by atoms with Crippen LogP contribution in [0.25, 0.3) is 0 Å². The van der Waals surface area contributed by atoms with E-state index in [0.717, 1.165) is 0 Å². The third-order valence-electron chi connectivity index (χ3n) is 2.05. The SMILES string of the molecule is COc1cc(CC(=O)O)nc(CCl)c1C(F)F. The minimum absolute atomic E-state index is 0.0581. The van der Waals surface area contributed by atoms with Crippen molar-refractivity contribution < 1.29 is 23.4 Å². The third-order valence-corrected chi connectivity index (χ3v) is 2.30. The quantitative estimate of drug-likeness (QED) is 0.831. The van der Waals surface area contributed by atoms with Crippen molar-refractivity contribution >= 4 is 17.6 Å². The first kappa shape index (κ1) is 13.6. The van der Waals surface area contributed by atoms with E-state index in [1.807, 2.05) is 0 Å². The van der Waals surface area contributed by atoms with E-state index in [1.165, 1.54) is 13.2 Å². The van der Waals surface area contributed by atoms with Gasteiger partial charge in [-0.15, -0.1) is 11.6 Å². The zero-order chi connectivity index (χ0) is 13.0. The second-order valence-corrected chi connectivity index (χ2v) is 3.45. The second kappa shape index (κ2) is 5.77. The van der Waals surface area contributed by atoms with Gasteiger partial charge >= 0.3 is 5.97 Å². The van der Waals surface area contributed by atoms with Gasteiger partial charge in [-0.05, 0) is 0 Å². The van der Waals surface area contributed by atoms with E-state index in [2.05, 4.69) is 4.98 Å². The molecule has 0 amide bonds. The van der Waals surface area contributed by atoms with Crippen LogP contribution in [0.1, 0.15) is 23.4 Å². The first-order chi connectivity index (χ1) is 7.99. The highest BCUT2D eigenvalue weighted by Gasteiger charge is 2.21. The van der Waals surface area contributed by atoms with Crippen molar-refractivity contribution in [3.63, 3.8) is 0 Å². The molecule has 1 N–H and O–H groups in total. The minimum atomic E-state index is -2.77. The largest absolute Gasteiger partial charge is 0.496 e. The zero-order valence-electron chi connectivity index (χ0n) is 8.91. The molecular weight excluding hydrogens is 256 g/mol. The van der Waals surface area contributed by atoms with Crippen LogP contribution in [0, 0.1) is 0 Å². The van der Waals surface area contributed by atoms with Crippen LogP contribution in [0.5, 0.6) is 5.75 Å². The van der Waals surface area contributed by atoms with Gasteiger partial charge in [-0.2, -0.15) is 0 Å². The van der Waals surface area contributed by atoms with Crippen LogP contribution in [-0.2, 0) is 17.1 Å². The van der Waals surface area contributed by atoms with E-state index >= 15 is 0 Å². The molecule has 17 heavy (non-hydrogen) atoms. The van der Waals surface area contributed by atoms with E-state index in [1.54, 1.807) is 0 Å². The van der Waals surface area contributed by atoms with Crippen molar-refractivity contribution in [2.45, 2.75) is 18.7 Å². The van der Waals surface area contributed by atoms with Crippen molar-refractivity contribution in [2.75, 3.05) is 7.11 Å². The highest BCUT2D eigenvalue weighted by Crippen LogP contribution is 2.32. The number of halogens is 3. The molecule has 0 bridgehead atoms. The second-order valence-electron chi connectivity index (χ2n) is 3.18. The Kier molecular flexibility index (Phi) is 4.62. The lowest BCUT2D eigenvalue weighted by Crippen LogP contribution is -2.08. The molecule has 0 aromatic carbocycles.